The van der Waals surface area contributed by atoms with Crippen LogP contribution in [0.2, 0.25) is 0 Å². The molecule has 3 heteroatoms. The van der Waals surface area contributed by atoms with Crippen LogP contribution >= 0.6 is 15.9 Å². The van der Waals surface area contributed by atoms with E-state index >= 15 is 0 Å². The maximum absolute atomic E-state index is 13.6. The van der Waals surface area contributed by atoms with Gasteiger partial charge >= 0.3 is 0 Å². The lowest BCUT2D eigenvalue weighted by Gasteiger charge is -2.09. The first-order chi connectivity index (χ1) is 9.56. The summed E-state index contributed by atoms with van der Waals surface area (Å²) in [6.07, 6.45) is 0. The van der Waals surface area contributed by atoms with Crippen LogP contribution in [-0.4, -0.2) is 0 Å². The van der Waals surface area contributed by atoms with Crippen molar-refractivity contribution in [1.82, 2.24) is 5.32 Å². The van der Waals surface area contributed by atoms with Crippen LogP contribution in [0.15, 0.2) is 46.9 Å². The maximum atomic E-state index is 13.6. The van der Waals surface area contributed by atoms with Crippen LogP contribution in [0.4, 0.5) is 4.39 Å². The summed E-state index contributed by atoms with van der Waals surface area (Å²) in [5.74, 6) is 0.371. The second-order valence-electron chi connectivity index (χ2n) is 5.24. The van der Waals surface area contributed by atoms with Crippen molar-refractivity contribution < 1.29 is 4.39 Å². The lowest BCUT2D eigenvalue weighted by molar-refractivity contribution is 0.587. The first-order valence-corrected chi connectivity index (χ1v) is 7.59. The third-order valence-corrected chi connectivity index (χ3v) is 3.80. The Bertz CT molecular complexity index is 564. The van der Waals surface area contributed by atoms with E-state index in [1.54, 1.807) is 6.07 Å². The highest BCUT2D eigenvalue weighted by molar-refractivity contribution is 9.10. The largest absolute Gasteiger partial charge is 0.309 e. The Morgan fingerprint density at radius 3 is 2.35 bits per heavy atom. The van der Waals surface area contributed by atoms with Crippen LogP contribution in [-0.2, 0) is 13.1 Å². The second kappa shape index (κ2) is 7.00. The molecule has 1 N–H and O–H groups in total. The molecule has 2 rings (SSSR count). The highest BCUT2D eigenvalue weighted by Gasteiger charge is 2.03. The first kappa shape index (κ1) is 15.2. The van der Waals surface area contributed by atoms with Gasteiger partial charge in [0.1, 0.15) is 5.82 Å². The Balaban J connectivity index is 1.89. The smallest absolute Gasteiger partial charge is 0.128 e. The molecule has 1 nitrogen and oxygen atoms in total. The zero-order chi connectivity index (χ0) is 14.5. The van der Waals surface area contributed by atoms with Crippen molar-refractivity contribution in [3.63, 3.8) is 0 Å². The summed E-state index contributed by atoms with van der Waals surface area (Å²) in [7, 11) is 0. The van der Waals surface area contributed by atoms with Gasteiger partial charge in [-0.05, 0) is 29.2 Å². The molecule has 0 aromatic heterocycles. The molecular weight excluding hydrogens is 317 g/mol. The average molecular weight is 336 g/mol. The number of hydrogen-bond donors (Lipinski definition) is 1. The SMILES string of the molecule is CC(C)c1ccc(CNCc2ccc(Br)cc2F)cc1. The van der Waals surface area contributed by atoms with E-state index in [1.165, 1.54) is 17.2 Å². The number of nitrogens with one attached hydrogen (secondary N) is 1. The lowest BCUT2D eigenvalue weighted by atomic mass is 10.0. The third-order valence-electron chi connectivity index (χ3n) is 3.31. The van der Waals surface area contributed by atoms with Crippen molar-refractivity contribution in [2.75, 3.05) is 0 Å². The van der Waals surface area contributed by atoms with E-state index in [2.05, 4.69) is 59.4 Å². The van der Waals surface area contributed by atoms with Crippen LogP contribution < -0.4 is 5.32 Å². The van der Waals surface area contributed by atoms with Crippen LogP contribution in [0.3, 0.4) is 0 Å². The summed E-state index contributed by atoms with van der Waals surface area (Å²) in [5, 5.41) is 3.27. The van der Waals surface area contributed by atoms with Crippen LogP contribution in [0, 0.1) is 5.82 Å². The predicted octanol–water partition coefficient (Wildman–Crippen LogP) is 5.00. The highest BCUT2D eigenvalue weighted by Crippen LogP contribution is 2.16. The van der Waals surface area contributed by atoms with Gasteiger partial charge in [0, 0.05) is 23.1 Å². The molecule has 0 bridgehead atoms. The quantitative estimate of drug-likeness (QED) is 0.810. The molecule has 0 radical (unpaired) electrons. The van der Waals surface area contributed by atoms with Gasteiger partial charge < -0.3 is 5.32 Å². The summed E-state index contributed by atoms with van der Waals surface area (Å²) >= 11 is 3.26. The summed E-state index contributed by atoms with van der Waals surface area (Å²) < 4.78 is 14.4. The maximum Gasteiger partial charge on any atom is 0.128 e. The van der Waals surface area contributed by atoms with Gasteiger partial charge in [0.25, 0.3) is 0 Å². The Kier molecular flexibility index (Phi) is 5.32. The summed E-state index contributed by atoms with van der Waals surface area (Å²) in [5.41, 5.74) is 3.24. The van der Waals surface area contributed by atoms with Gasteiger partial charge in [0.2, 0.25) is 0 Å². The van der Waals surface area contributed by atoms with Crippen molar-refractivity contribution in [3.8, 4) is 0 Å². The monoisotopic (exact) mass is 335 g/mol. The fraction of sp³-hybridized carbons (Fsp3) is 0.294. The zero-order valence-electron chi connectivity index (χ0n) is 11.8. The zero-order valence-corrected chi connectivity index (χ0v) is 13.4. The van der Waals surface area contributed by atoms with Crippen molar-refractivity contribution in [1.29, 1.82) is 0 Å². The van der Waals surface area contributed by atoms with E-state index in [-0.39, 0.29) is 5.82 Å². The minimum atomic E-state index is -0.179. The van der Waals surface area contributed by atoms with Crippen molar-refractivity contribution in [2.24, 2.45) is 0 Å². The standard InChI is InChI=1S/C17H19BrFN/c1-12(2)14-5-3-13(4-6-14)10-20-11-15-7-8-16(18)9-17(15)19/h3-9,12,20H,10-11H2,1-2H3. The highest BCUT2D eigenvalue weighted by atomic mass is 79.9. The van der Waals surface area contributed by atoms with E-state index in [4.69, 9.17) is 0 Å². The van der Waals surface area contributed by atoms with Gasteiger partial charge in [-0.1, -0.05) is 60.1 Å². The molecule has 0 spiro atoms. The Hall–Kier alpha value is -1.19. The second-order valence-corrected chi connectivity index (χ2v) is 6.15. The molecule has 0 aliphatic carbocycles. The van der Waals surface area contributed by atoms with E-state index in [0.717, 1.165) is 11.0 Å². The molecule has 0 fully saturated rings. The molecule has 2 aromatic rings. The van der Waals surface area contributed by atoms with Crippen LogP contribution in [0.5, 0.6) is 0 Å². The summed E-state index contributed by atoms with van der Waals surface area (Å²) in [6, 6.07) is 13.7. The molecule has 106 valence electrons. The van der Waals surface area contributed by atoms with Crippen molar-refractivity contribution in [3.05, 3.63) is 69.4 Å². The van der Waals surface area contributed by atoms with Crippen LogP contribution in [0.1, 0.15) is 36.5 Å². The minimum absolute atomic E-state index is 0.179. The number of hydrogen-bond acceptors (Lipinski definition) is 1. The molecule has 0 aliphatic heterocycles. The normalized spacial score (nSPS) is 11.1. The Labute approximate surface area is 128 Å². The summed E-state index contributed by atoms with van der Waals surface area (Å²) in [4.78, 5) is 0. The van der Waals surface area contributed by atoms with E-state index in [1.807, 2.05) is 6.07 Å². The predicted molar refractivity (Wildman–Crippen MR) is 85.2 cm³/mol. The van der Waals surface area contributed by atoms with Crippen LogP contribution in [0.25, 0.3) is 0 Å². The third kappa shape index (κ3) is 4.15. The topological polar surface area (TPSA) is 12.0 Å². The van der Waals surface area contributed by atoms with Crippen molar-refractivity contribution >= 4 is 15.9 Å². The lowest BCUT2D eigenvalue weighted by Crippen LogP contribution is -2.13. The molecule has 0 unspecified atom stereocenters. The molecule has 0 saturated carbocycles. The molecule has 0 saturated heterocycles. The van der Waals surface area contributed by atoms with E-state index in [0.29, 0.717) is 18.0 Å². The van der Waals surface area contributed by atoms with Gasteiger partial charge in [0.15, 0.2) is 0 Å². The molecule has 2 aromatic carbocycles. The average Bonchev–Trinajstić information content (AvgIpc) is 2.42. The van der Waals surface area contributed by atoms with Gasteiger partial charge in [-0.2, -0.15) is 0 Å². The number of rotatable bonds is 5. The Morgan fingerprint density at radius 1 is 1.05 bits per heavy atom. The van der Waals surface area contributed by atoms with E-state index < -0.39 is 0 Å². The van der Waals surface area contributed by atoms with Gasteiger partial charge in [-0.25, -0.2) is 4.39 Å². The summed E-state index contributed by atoms with van der Waals surface area (Å²) in [6.45, 7) is 5.64. The minimum Gasteiger partial charge on any atom is -0.309 e. The van der Waals surface area contributed by atoms with Gasteiger partial charge in [-0.3, -0.25) is 0 Å². The number of benzene rings is 2. The number of halogens is 2. The fourth-order valence-corrected chi connectivity index (χ4v) is 2.36. The molecular formula is C17H19BrFN. The molecule has 0 heterocycles. The molecule has 0 atom stereocenters. The van der Waals surface area contributed by atoms with E-state index in [9.17, 15) is 4.39 Å². The molecule has 0 aliphatic rings. The Morgan fingerprint density at radius 2 is 1.75 bits per heavy atom. The fourth-order valence-electron chi connectivity index (χ4n) is 2.03. The van der Waals surface area contributed by atoms with Crippen molar-refractivity contribution in [2.45, 2.75) is 32.9 Å². The van der Waals surface area contributed by atoms with Gasteiger partial charge in [0.05, 0.1) is 0 Å². The molecule has 0 amide bonds. The first-order valence-electron chi connectivity index (χ1n) is 6.79. The molecule has 20 heavy (non-hydrogen) atoms. The van der Waals surface area contributed by atoms with Gasteiger partial charge in [-0.15, -0.1) is 0 Å².